The molecular weight excluding hydrogens is 319 g/mol. The molecule has 2 heterocycles. The second kappa shape index (κ2) is 6.14. The van der Waals surface area contributed by atoms with E-state index in [1.54, 1.807) is 23.5 Å². The zero-order chi connectivity index (χ0) is 15.7. The smallest absolute Gasteiger partial charge is 0.173 e. The fourth-order valence-electron chi connectivity index (χ4n) is 2.14. The van der Waals surface area contributed by atoms with Crippen molar-refractivity contribution in [1.29, 1.82) is 0 Å². The third-order valence-electron chi connectivity index (χ3n) is 3.42. The quantitative estimate of drug-likeness (QED) is 0.403. The molecule has 0 saturated heterocycles. The summed E-state index contributed by atoms with van der Waals surface area (Å²) >= 11 is 3.00. The molecule has 3 aromatic rings. The summed E-state index contributed by atoms with van der Waals surface area (Å²) in [5.41, 5.74) is 1.54. The minimum Gasteiger partial charge on any atom is -0.293 e. The van der Waals surface area contributed by atoms with Gasteiger partial charge in [-0.25, -0.2) is 14.4 Å². The van der Waals surface area contributed by atoms with E-state index in [4.69, 9.17) is 0 Å². The monoisotopic (exact) mass is 332 g/mol. The SMILES string of the molecule is Cc1sc2ncnc(SCC(=O)c3cccc(F)c3)c2c1C. The Morgan fingerprint density at radius 3 is 2.91 bits per heavy atom. The number of hydrogen-bond donors (Lipinski definition) is 0. The average molecular weight is 332 g/mol. The largest absolute Gasteiger partial charge is 0.293 e. The summed E-state index contributed by atoms with van der Waals surface area (Å²) in [6.07, 6.45) is 1.52. The van der Waals surface area contributed by atoms with Crippen molar-refractivity contribution in [2.45, 2.75) is 18.9 Å². The third-order valence-corrected chi connectivity index (χ3v) is 5.52. The number of Topliss-reactive ketones (excluding diaryl/α,β-unsaturated/α-hetero) is 1. The van der Waals surface area contributed by atoms with Crippen molar-refractivity contribution in [3.63, 3.8) is 0 Å². The minimum absolute atomic E-state index is 0.110. The molecule has 0 N–H and O–H groups in total. The van der Waals surface area contributed by atoms with E-state index >= 15 is 0 Å². The van der Waals surface area contributed by atoms with Crippen LogP contribution >= 0.6 is 23.1 Å². The van der Waals surface area contributed by atoms with Crippen molar-refractivity contribution < 1.29 is 9.18 Å². The highest BCUT2D eigenvalue weighted by Crippen LogP contribution is 2.34. The highest BCUT2D eigenvalue weighted by Gasteiger charge is 2.14. The van der Waals surface area contributed by atoms with Gasteiger partial charge in [-0.3, -0.25) is 4.79 Å². The Kier molecular flexibility index (Phi) is 4.22. The number of thiophene rings is 1. The zero-order valence-corrected chi connectivity index (χ0v) is 13.7. The van der Waals surface area contributed by atoms with Gasteiger partial charge >= 0.3 is 0 Å². The van der Waals surface area contributed by atoms with Crippen LogP contribution in [0.1, 0.15) is 20.8 Å². The minimum atomic E-state index is -0.399. The van der Waals surface area contributed by atoms with Crippen LogP contribution in [0, 0.1) is 19.7 Å². The van der Waals surface area contributed by atoms with E-state index in [2.05, 4.69) is 9.97 Å². The van der Waals surface area contributed by atoms with Crippen molar-refractivity contribution in [3.05, 3.63) is 52.4 Å². The number of hydrogen-bond acceptors (Lipinski definition) is 5. The number of aromatic nitrogens is 2. The molecule has 3 nitrogen and oxygen atoms in total. The second-order valence-electron chi connectivity index (χ2n) is 4.86. The van der Waals surface area contributed by atoms with Gasteiger partial charge in [-0.1, -0.05) is 23.9 Å². The van der Waals surface area contributed by atoms with Gasteiger partial charge in [0.25, 0.3) is 0 Å². The molecule has 0 bridgehead atoms. The predicted octanol–water partition coefficient (Wildman–Crippen LogP) is 4.42. The van der Waals surface area contributed by atoms with Crippen LogP contribution in [0.3, 0.4) is 0 Å². The number of carbonyl (C=O) groups excluding carboxylic acids is 1. The second-order valence-corrected chi connectivity index (χ2v) is 7.03. The number of aryl methyl sites for hydroxylation is 2. The van der Waals surface area contributed by atoms with Gasteiger partial charge in [0.15, 0.2) is 5.78 Å². The fraction of sp³-hybridized carbons (Fsp3) is 0.188. The Balaban J connectivity index is 1.84. The Morgan fingerprint density at radius 1 is 1.32 bits per heavy atom. The third kappa shape index (κ3) is 2.89. The van der Waals surface area contributed by atoms with E-state index in [1.807, 2.05) is 13.8 Å². The molecule has 112 valence electrons. The molecule has 0 atom stereocenters. The lowest BCUT2D eigenvalue weighted by molar-refractivity contribution is 0.102. The van der Waals surface area contributed by atoms with E-state index in [-0.39, 0.29) is 11.5 Å². The van der Waals surface area contributed by atoms with Crippen LogP contribution in [0.5, 0.6) is 0 Å². The molecule has 0 amide bonds. The molecule has 0 aliphatic carbocycles. The van der Waals surface area contributed by atoms with Crippen molar-refractivity contribution in [3.8, 4) is 0 Å². The number of fused-ring (bicyclic) bond motifs is 1. The fourth-order valence-corrected chi connectivity index (χ4v) is 4.15. The first-order chi connectivity index (χ1) is 10.6. The Labute approximate surface area is 135 Å². The molecule has 1 aromatic carbocycles. The molecule has 0 fully saturated rings. The summed E-state index contributed by atoms with van der Waals surface area (Å²) in [6, 6.07) is 5.76. The molecular formula is C16H13FN2OS2. The van der Waals surface area contributed by atoms with E-state index in [0.717, 1.165) is 20.8 Å². The van der Waals surface area contributed by atoms with Crippen LogP contribution in [-0.2, 0) is 0 Å². The van der Waals surface area contributed by atoms with Gasteiger partial charge in [0, 0.05) is 15.8 Å². The Morgan fingerprint density at radius 2 is 2.14 bits per heavy atom. The number of rotatable bonds is 4. The summed E-state index contributed by atoms with van der Waals surface area (Å²) < 4.78 is 13.2. The van der Waals surface area contributed by atoms with E-state index in [0.29, 0.717) is 5.56 Å². The van der Waals surface area contributed by atoms with Crippen molar-refractivity contribution in [2.75, 3.05) is 5.75 Å². The first kappa shape index (κ1) is 15.1. The summed E-state index contributed by atoms with van der Waals surface area (Å²) in [6.45, 7) is 4.09. The van der Waals surface area contributed by atoms with Crippen molar-refractivity contribution in [2.24, 2.45) is 0 Å². The molecule has 22 heavy (non-hydrogen) atoms. The van der Waals surface area contributed by atoms with E-state index in [9.17, 15) is 9.18 Å². The molecule has 0 aliphatic rings. The standard InChI is InChI=1S/C16H13FN2OS2/c1-9-10(2)22-16-14(9)15(18-8-19-16)21-7-13(20)11-4-3-5-12(17)6-11/h3-6,8H,7H2,1-2H3. The molecule has 0 saturated carbocycles. The van der Waals surface area contributed by atoms with Gasteiger partial charge < -0.3 is 0 Å². The van der Waals surface area contributed by atoms with Crippen LogP contribution in [-0.4, -0.2) is 21.5 Å². The Bertz CT molecular complexity index is 860. The number of ketones is 1. The van der Waals surface area contributed by atoms with Crippen molar-refractivity contribution in [1.82, 2.24) is 9.97 Å². The molecule has 0 unspecified atom stereocenters. The first-order valence-corrected chi connectivity index (χ1v) is 8.48. The highest BCUT2D eigenvalue weighted by atomic mass is 32.2. The number of halogens is 1. The molecule has 0 aliphatic heterocycles. The molecule has 0 radical (unpaired) electrons. The maximum absolute atomic E-state index is 13.2. The zero-order valence-electron chi connectivity index (χ0n) is 12.1. The van der Waals surface area contributed by atoms with Crippen LogP contribution < -0.4 is 0 Å². The lowest BCUT2D eigenvalue weighted by Gasteiger charge is -2.03. The summed E-state index contributed by atoms with van der Waals surface area (Å²) in [4.78, 5) is 22.9. The van der Waals surface area contributed by atoms with Gasteiger partial charge in [-0.05, 0) is 31.5 Å². The first-order valence-electron chi connectivity index (χ1n) is 6.68. The predicted molar refractivity (Wildman–Crippen MR) is 88.3 cm³/mol. The maximum atomic E-state index is 13.2. The number of benzene rings is 1. The van der Waals surface area contributed by atoms with Crippen LogP contribution in [0.4, 0.5) is 4.39 Å². The number of thioether (sulfide) groups is 1. The van der Waals surface area contributed by atoms with Crippen LogP contribution in [0.15, 0.2) is 35.6 Å². The van der Waals surface area contributed by atoms with Gasteiger partial charge in [0.1, 0.15) is 22.0 Å². The summed E-state index contributed by atoms with van der Waals surface area (Å²) in [7, 11) is 0. The molecule has 0 spiro atoms. The lowest BCUT2D eigenvalue weighted by atomic mass is 10.1. The van der Waals surface area contributed by atoms with Gasteiger partial charge in [-0.15, -0.1) is 11.3 Å². The normalized spacial score (nSPS) is 11.0. The Hall–Kier alpha value is -1.79. The van der Waals surface area contributed by atoms with Crippen molar-refractivity contribution >= 4 is 39.1 Å². The molecule has 2 aromatic heterocycles. The highest BCUT2D eigenvalue weighted by molar-refractivity contribution is 8.00. The summed E-state index contributed by atoms with van der Waals surface area (Å²) in [5.74, 6) is -0.283. The lowest BCUT2D eigenvalue weighted by Crippen LogP contribution is -2.03. The number of carbonyl (C=O) groups is 1. The number of nitrogens with zero attached hydrogens (tertiary/aromatic N) is 2. The maximum Gasteiger partial charge on any atom is 0.173 e. The van der Waals surface area contributed by atoms with E-state index in [1.165, 1.54) is 35.1 Å². The average Bonchev–Trinajstić information content (AvgIpc) is 2.80. The van der Waals surface area contributed by atoms with Gasteiger partial charge in [0.2, 0.25) is 0 Å². The van der Waals surface area contributed by atoms with E-state index < -0.39 is 5.82 Å². The van der Waals surface area contributed by atoms with Gasteiger partial charge in [0.05, 0.1) is 5.75 Å². The topological polar surface area (TPSA) is 42.9 Å². The van der Waals surface area contributed by atoms with Gasteiger partial charge in [-0.2, -0.15) is 0 Å². The molecule has 3 rings (SSSR count). The summed E-state index contributed by atoms with van der Waals surface area (Å²) in [5, 5.41) is 1.82. The van der Waals surface area contributed by atoms with Crippen LogP contribution in [0.2, 0.25) is 0 Å². The van der Waals surface area contributed by atoms with Crippen LogP contribution in [0.25, 0.3) is 10.2 Å². The molecule has 6 heteroatoms.